The Labute approximate surface area is 180 Å². The number of phenolic OH excluding ortho intramolecular Hbond substituents is 1. The van der Waals surface area contributed by atoms with Crippen molar-refractivity contribution in [3.8, 4) is 17.2 Å². The fourth-order valence-corrected chi connectivity index (χ4v) is 3.54. The number of ether oxygens (including phenoxy) is 3. The number of hydrogen-bond acceptors (Lipinski definition) is 7. The van der Waals surface area contributed by atoms with E-state index in [0.717, 1.165) is 0 Å². The van der Waals surface area contributed by atoms with E-state index in [1.165, 1.54) is 31.3 Å². The zero-order valence-corrected chi connectivity index (χ0v) is 17.6. The molecule has 3 rings (SSSR count). The van der Waals surface area contributed by atoms with Gasteiger partial charge in [-0.15, -0.1) is 0 Å². The van der Waals surface area contributed by atoms with Gasteiger partial charge in [-0.1, -0.05) is 6.07 Å². The zero-order valence-electron chi connectivity index (χ0n) is 17.6. The summed E-state index contributed by atoms with van der Waals surface area (Å²) in [6.45, 7) is 2.72. The Balaban J connectivity index is 2.13. The fourth-order valence-electron chi connectivity index (χ4n) is 3.54. The number of carbonyl (C=O) groups excluding carboxylic acids is 2. The predicted octanol–water partition coefficient (Wildman–Crippen LogP) is 2.87. The van der Waals surface area contributed by atoms with Crippen LogP contribution in [0.1, 0.15) is 24.1 Å². The van der Waals surface area contributed by atoms with Crippen molar-refractivity contribution in [1.29, 1.82) is 0 Å². The molecule has 1 saturated heterocycles. The summed E-state index contributed by atoms with van der Waals surface area (Å²) < 4.78 is 15.7. The Hall–Kier alpha value is -3.52. The summed E-state index contributed by atoms with van der Waals surface area (Å²) >= 11 is 0. The van der Waals surface area contributed by atoms with Gasteiger partial charge in [0.15, 0.2) is 11.5 Å². The van der Waals surface area contributed by atoms with E-state index in [1.54, 1.807) is 30.3 Å². The van der Waals surface area contributed by atoms with Gasteiger partial charge in [-0.3, -0.25) is 9.59 Å². The number of likely N-dealkylation sites (tertiary alicyclic amines) is 1. The smallest absolute Gasteiger partial charge is 0.295 e. The molecular weight excluding hydrogens is 402 g/mol. The SMILES string of the molecule is CCOc1ccc(/C(O)=C2\C(=O)C(=O)N(CCOC)[C@H]2c2ccc(O)c(OC)c2)cc1. The van der Waals surface area contributed by atoms with E-state index in [2.05, 4.69) is 0 Å². The number of aliphatic hydroxyl groups excluding tert-OH is 1. The first-order valence-electron chi connectivity index (χ1n) is 9.80. The predicted molar refractivity (Wildman–Crippen MR) is 113 cm³/mol. The largest absolute Gasteiger partial charge is 0.507 e. The lowest BCUT2D eigenvalue weighted by Crippen LogP contribution is -2.32. The van der Waals surface area contributed by atoms with E-state index in [4.69, 9.17) is 14.2 Å². The van der Waals surface area contributed by atoms with E-state index in [-0.39, 0.29) is 36.0 Å². The molecule has 2 N–H and O–H groups in total. The molecule has 1 fully saturated rings. The maximum Gasteiger partial charge on any atom is 0.295 e. The molecule has 0 saturated carbocycles. The lowest BCUT2D eigenvalue weighted by molar-refractivity contribution is -0.140. The molecule has 31 heavy (non-hydrogen) atoms. The molecule has 8 heteroatoms. The molecule has 1 amide bonds. The first-order chi connectivity index (χ1) is 14.9. The van der Waals surface area contributed by atoms with Gasteiger partial charge in [-0.05, 0) is 48.9 Å². The quantitative estimate of drug-likeness (QED) is 0.379. The van der Waals surface area contributed by atoms with Crippen LogP contribution in [-0.4, -0.2) is 60.8 Å². The van der Waals surface area contributed by atoms with Gasteiger partial charge in [0.25, 0.3) is 11.7 Å². The minimum atomic E-state index is -0.865. The third-order valence-corrected chi connectivity index (χ3v) is 5.03. The summed E-state index contributed by atoms with van der Waals surface area (Å²) in [6.07, 6.45) is 0. The number of nitrogens with zero attached hydrogens (tertiary/aromatic N) is 1. The van der Waals surface area contributed by atoms with Crippen molar-refractivity contribution in [2.24, 2.45) is 0 Å². The molecule has 0 radical (unpaired) electrons. The Morgan fingerprint density at radius 1 is 1.10 bits per heavy atom. The molecule has 1 atom stereocenters. The van der Waals surface area contributed by atoms with Crippen molar-refractivity contribution in [2.45, 2.75) is 13.0 Å². The van der Waals surface area contributed by atoms with Gasteiger partial charge in [0, 0.05) is 19.2 Å². The summed E-state index contributed by atoms with van der Waals surface area (Å²) in [4.78, 5) is 27.0. The molecule has 164 valence electrons. The van der Waals surface area contributed by atoms with Crippen LogP contribution in [-0.2, 0) is 14.3 Å². The monoisotopic (exact) mass is 427 g/mol. The normalized spacial score (nSPS) is 17.8. The minimum absolute atomic E-state index is 0.0435. The van der Waals surface area contributed by atoms with E-state index < -0.39 is 17.7 Å². The van der Waals surface area contributed by atoms with E-state index in [1.807, 2.05) is 6.92 Å². The molecule has 2 aromatic rings. The highest BCUT2D eigenvalue weighted by Crippen LogP contribution is 2.41. The highest BCUT2D eigenvalue weighted by molar-refractivity contribution is 6.46. The third-order valence-electron chi connectivity index (χ3n) is 5.03. The maximum absolute atomic E-state index is 12.9. The number of methoxy groups -OCH3 is 2. The number of ketones is 1. The third kappa shape index (κ3) is 4.34. The highest BCUT2D eigenvalue weighted by Gasteiger charge is 2.46. The van der Waals surface area contributed by atoms with Crippen molar-refractivity contribution in [3.63, 3.8) is 0 Å². The van der Waals surface area contributed by atoms with Crippen LogP contribution in [0.15, 0.2) is 48.0 Å². The van der Waals surface area contributed by atoms with Crippen LogP contribution in [0.25, 0.3) is 5.76 Å². The molecule has 8 nitrogen and oxygen atoms in total. The number of benzene rings is 2. The zero-order chi connectivity index (χ0) is 22.5. The number of Topliss-reactive ketones (excluding diaryl/α,β-unsaturated/α-hetero) is 1. The first-order valence-corrected chi connectivity index (χ1v) is 9.80. The fraction of sp³-hybridized carbons (Fsp3) is 0.304. The second kappa shape index (κ2) is 9.53. The summed E-state index contributed by atoms with van der Waals surface area (Å²) in [6, 6.07) is 10.3. The molecule has 0 unspecified atom stereocenters. The van der Waals surface area contributed by atoms with E-state index in [0.29, 0.717) is 23.5 Å². The summed E-state index contributed by atoms with van der Waals surface area (Å²) in [5.41, 5.74) is 0.847. The summed E-state index contributed by atoms with van der Waals surface area (Å²) in [5.74, 6) is -1.08. The number of amides is 1. The lowest BCUT2D eigenvalue weighted by Gasteiger charge is -2.25. The number of hydrogen-bond donors (Lipinski definition) is 2. The average Bonchev–Trinajstić information content (AvgIpc) is 3.03. The van der Waals surface area contributed by atoms with Gasteiger partial charge in [-0.25, -0.2) is 0 Å². The minimum Gasteiger partial charge on any atom is -0.507 e. The number of carbonyl (C=O) groups is 2. The van der Waals surface area contributed by atoms with Crippen molar-refractivity contribution in [3.05, 3.63) is 59.2 Å². The van der Waals surface area contributed by atoms with Crippen LogP contribution in [0.5, 0.6) is 17.2 Å². The van der Waals surface area contributed by atoms with Crippen LogP contribution >= 0.6 is 0 Å². The first kappa shape index (κ1) is 22.2. The number of aromatic hydroxyl groups is 1. The summed E-state index contributed by atoms with van der Waals surface area (Å²) in [7, 11) is 2.90. The molecule has 1 aliphatic heterocycles. The average molecular weight is 427 g/mol. The topological polar surface area (TPSA) is 106 Å². The van der Waals surface area contributed by atoms with Crippen LogP contribution in [0.3, 0.4) is 0 Å². The standard InChI is InChI=1S/C23H25NO7/c1-4-31-16-8-5-14(6-9-16)21(26)19-20(15-7-10-17(25)18(13-15)30-3)24(11-12-29-2)23(28)22(19)27/h5-10,13,20,25-26H,4,11-12H2,1-3H3/b21-19+/t20-/m0/s1. The second-order valence-corrected chi connectivity index (χ2v) is 6.87. The second-order valence-electron chi connectivity index (χ2n) is 6.87. The number of aliphatic hydroxyl groups is 1. The van der Waals surface area contributed by atoms with E-state index in [9.17, 15) is 19.8 Å². The molecule has 0 aromatic heterocycles. The lowest BCUT2D eigenvalue weighted by atomic mass is 9.95. The van der Waals surface area contributed by atoms with Gasteiger partial charge in [0.2, 0.25) is 0 Å². The Bertz CT molecular complexity index is 997. The van der Waals surface area contributed by atoms with Crippen LogP contribution in [0.4, 0.5) is 0 Å². The molecule has 0 bridgehead atoms. The molecule has 1 heterocycles. The van der Waals surface area contributed by atoms with Gasteiger partial charge in [0.05, 0.1) is 31.9 Å². The number of rotatable bonds is 8. The van der Waals surface area contributed by atoms with Crippen molar-refractivity contribution >= 4 is 17.4 Å². The van der Waals surface area contributed by atoms with E-state index >= 15 is 0 Å². The van der Waals surface area contributed by atoms with Crippen LogP contribution < -0.4 is 9.47 Å². The van der Waals surface area contributed by atoms with Crippen LogP contribution in [0, 0.1) is 0 Å². The maximum atomic E-state index is 12.9. The Morgan fingerprint density at radius 3 is 2.42 bits per heavy atom. The van der Waals surface area contributed by atoms with Crippen LogP contribution in [0.2, 0.25) is 0 Å². The molecule has 0 aliphatic carbocycles. The van der Waals surface area contributed by atoms with Gasteiger partial charge in [-0.2, -0.15) is 0 Å². The van der Waals surface area contributed by atoms with Gasteiger partial charge >= 0.3 is 0 Å². The molecule has 2 aromatic carbocycles. The van der Waals surface area contributed by atoms with Crippen molar-refractivity contribution < 1.29 is 34.0 Å². The number of phenols is 1. The molecular formula is C23H25NO7. The van der Waals surface area contributed by atoms with Gasteiger partial charge in [0.1, 0.15) is 11.5 Å². The summed E-state index contributed by atoms with van der Waals surface area (Å²) in [5, 5.41) is 21.0. The Morgan fingerprint density at radius 2 is 1.81 bits per heavy atom. The van der Waals surface area contributed by atoms with Crippen molar-refractivity contribution in [1.82, 2.24) is 4.90 Å². The van der Waals surface area contributed by atoms with Gasteiger partial charge < -0.3 is 29.3 Å². The molecule has 0 spiro atoms. The molecule has 1 aliphatic rings. The Kier molecular flexibility index (Phi) is 6.81. The van der Waals surface area contributed by atoms with Crippen molar-refractivity contribution in [2.75, 3.05) is 34.0 Å². The highest BCUT2D eigenvalue weighted by atomic mass is 16.5.